The first-order valence-corrected chi connectivity index (χ1v) is 5.76. The van der Waals surface area contributed by atoms with E-state index in [0.717, 1.165) is 0 Å². The van der Waals surface area contributed by atoms with Gasteiger partial charge >= 0.3 is 5.97 Å². The fourth-order valence-corrected chi connectivity index (χ4v) is 1.74. The number of fused-ring (bicyclic) bond motifs is 1. The number of rotatable bonds is 6. The average molecular weight is 258 g/mol. The molecule has 0 saturated heterocycles. The number of alkyl halides is 1. The van der Waals surface area contributed by atoms with E-state index in [0.29, 0.717) is 25.5 Å². The molecular formula is C11H15FN2O4. The first-order chi connectivity index (χ1) is 8.56. The third kappa shape index (κ3) is 2.98. The second-order valence-corrected chi connectivity index (χ2v) is 4.24. The van der Waals surface area contributed by atoms with E-state index >= 15 is 0 Å². The molecule has 0 aliphatic carbocycles. The van der Waals surface area contributed by atoms with Gasteiger partial charge in [0, 0.05) is 12.5 Å². The Bertz CT molecular complexity index is 409. The molecule has 0 aromatic carbocycles. The maximum absolute atomic E-state index is 12.5. The number of hydrogen-bond acceptors (Lipinski definition) is 4. The summed E-state index contributed by atoms with van der Waals surface area (Å²) in [5.74, 6) is -0.617. The van der Waals surface area contributed by atoms with Gasteiger partial charge in [0.05, 0.1) is 19.8 Å². The number of aromatic nitrogens is 2. The standard InChI is InChI=1S/C11H15FN2O4/c1-7(12)6-17-3-2-8-5-14-10(18-8)4-9(13-14)11(15)16/h4,7-8H,2-3,5-6H2,1H3,(H,15,16). The van der Waals surface area contributed by atoms with Crippen molar-refractivity contribution >= 4 is 5.97 Å². The summed E-state index contributed by atoms with van der Waals surface area (Å²) in [5, 5.41) is 12.6. The molecule has 100 valence electrons. The summed E-state index contributed by atoms with van der Waals surface area (Å²) in [4.78, 5) is 10.7. The lowest BCUT2D eigenvalue weighted by molar-refractivity contribution is 0.0654. The van der Waals surface area contributed by atoms with Crippen molar-refractivity contribution < 1.29 is 23.8 Å². The fraction of sp³-hybridized carbons (Fsp3) is 0.636. The quantitative estimate of drug-likeness (QED) is 0.774. The molecule has 2 unspecified atom stereocenters. The molecule has 0 saturated carbocycles. The molecule has 2 atom stereocenters. The van der Waals surface area contributed by atoms with Crippen LogP contribution in [0.15, 0.2) is 6.07 Å². The number of nitrogens with zero attached hydrogens (tertiary/aromatic N) is 2. The largest absolute Gasteiger partial charge is 0.476 e. The van der Waals surface area contributed by atoms with Gasteiger partial charge in [0.25, 0.3) is 0 Å². The van der Waals surface area contributed by atoms with Crippen molar-refractivity contribution in [3.8, 4) is 5.88 Å². The predicted molar refractivity (Wildman–Crippen MR) is 59.6 cm³/mol. The average Bonchev–Trinajstić information content (AvgIpc) is 2.81. The van der Waals surface area contributed by atoms with Crippen molar-refractivity contribution in [2.24, 2.45) is 0 Å². The van der Waals surface area contributed by atoms with Gasteiger partial charge in [0.1, 0.15) is 12.3 Å². The van der Waals surface area contributed by atoms with E-state index < -0.39 is 12.1 Å². The lowest BCUT2D eigenvalue weighted by Crippen LogP contribution is -2.19. The van der Waals surface area contributed by atoms with Crippen LogP contribution in [0, 0.1) is 0 Å². The Hall–Kier alpha value is -1.63. The molecule has 1 N–H and O–H groups in total. The molecule has 0 fully saturated rings. The van der Waals surface area contributed by atoms with Crippen LogP contribution in [-0.4, -0.2) is 46.3 Å². The zero-order valence-electron chi connectivity index (χ0n) is 10.0. The molecule has 0 radical (unpaired) electrons. The Morgan fingerprint density at radius 2 is 2.61 bits per heavy atom. The van der Waals surface area contributed by atoms with Gasteiger partial charge in [0.2, 0.25) is 5.88 Å². The van der Waals surface area contributed by atoms with E-state index in [-0.39, 0.29) is 18.4 Å². The minimum Gasteiger partial charge on any atom is -0.476 e. The van der Waals surface area contributed by atoms with Crippen molar-refractivity contribution in [3.05, 3.63) is 11.8 Å². The lowest BCUT2D eigenvalue weighted by Gasteiger charge is -2.10. The van der Waals surface area contributed by atoms with Crippen LogP contribution < -0.4 is 4.74 Å². The van der Waals surface area contributed by atoms with Crippen LogP contribution in [0.5, 0.6) is 5.88 Å². The molecule has 1 aliphatic rings. The first-order valence-electron chi connectivity index (χ1n) is 5.76. The molecule has 18 heavy (non-hydrogen) atoms. The normalized spacial score (nSPS) is 19.3. The Morgan fingerprint density at radius 1 is 1.83 bits per heavy atom. The van der Waals surface area contributed by atoms with Gasteiger partial charge < -0.3 is 14.6 Å². The fourth-order valence-electron chi connectivity index (χ4n) is 1.74. The Kier molecular flexibility index (Phi) is 3.81. The minimum absolute atomic E-state index is 0.0223. The highest BCUT2D eigenvalue weighted by molar-refractivity contribution is 5.85. The van der Waals surface area contributed by atoms with Crippen LogP contribution in [0.25, 0.3) is 0 Å². The van der Waals surface area contributed by atoms with E-state index in [1.54, 1.807) is 0 Å². The van der Waals surface area contributed by atoms with Crippen LogP contribution in [0.1, 0.15) is 23.8 Å². The first kappa shape index (κ1) is 12.8. The Labute approximate surface area is 103 Å². The third-order valence-corrected chi connectivity index (χ3v) is 2.56. The molecule has 0 spiro atoms. The molecular weight excluding hydrogens is 243 g/mol. The van der Waals surface area contributed by atoms with Crippen molar-refractivity contribution in [1.29, 1.82) is 0 Å². The number of hydrogen-bond donors (Lipinski definition) is 1. The summed E-state index contributed by atoms with van der Waals surface area (Å²) in [7, 11) is 0. The molecule has 2 rings (SSSR count). The van der Waals surface area contributed by atoms with Gasteiger partial charge in [-0.05, 0) is 6.92 Å². The van der Waals surface area contributed by atoms with E-state index in [1.807, 2.05) is 0 Å². The number of halogens is 1. The lowest BCUT2D eigenvalue weighted by atomic mass is 10.3. The maximum Gasteiger partial charge on any atom is 0.356 e. The van der Waals surface area contributed by atoms with Crippen molar-refractivity contribution in [1.82, 2.24) is 9.78 Å². The van der Waals surface area contributed by atoms with Gasteiger partial charge in [-0.25, -0.2) is 13.9 Å². The second kappa shape index (κ2) is 5.34. The highest BCUT2D eigenvalue weighted by atomic mass is 19.1. The smallest absolute Gasteiger partial charge is 0.356 e. The van der Waals surface area contributed by atoms with E-state index in [4.69, 9.17) is 14.6 Å². The van der Waals surface area contributed by atoms with Gasteiger partial charge in [-0.3, -0.25) is 0 Å². The summed E-state index contributed by atoms with van der Waals surface area (Å²) < 4.78 is 24.6. The van der Waals surface area contributed by atoms with Crippen LogP contribution >= 0.6 is 0 Å². The summed E-state index contributed by atoms with van der Waals surface area (Å²) in [6.45, 7) is 2.43. The number of carboxylic acids is 1. The molecule has 6 nitrogen and oxygen atoms in total. The van der Waals surface area contributed by atoms with Crippen LogP contribution in [0.3, 0.4) is 0 Å². The molecule has 0 amide bonds. The zero-order valence-corrected chi connectivity index (χ0v) is 10.0. The van der Waals surface area contributed by atoms with Gasteiger partial charge in [-0.1, -0.05) is 0 Å². The topological polar surface area (TPSA) is 73.6 Å². The molecule has 1 aromatic heterocycles. The number of carbonyl (C=O) groups is 1. The monoisotopic (exact) mass is 258 g/mol. The van der Waals surface area contributed by atoms with E-state index in [1.165, 1.54) is 17.7 Å². The highest BCUT2D eigenvalue weighted by Crippen LogP contribution is 2.24. The summed E-state index contributed by atoms with van der Waals surface area (Å²) in [5.41, 5.74) is -0.0223. The zero-order chi connectivity index (χ0) is 13.1. The van der Waals surface area contributed by atoms with Gasteiger partial charge in [-0.15, -0.1) is 0 Å². The van der Waals surface area contributed by atoms with Crippen molar-refractivity contribution in [2.45, 2.75) is 32.2 Å². The van der Waals surface area contributed by atoms with Crippen LogP contribution in [0.2, 0.25) is 0 Å². The minimum atomic E-state index is -1.07. The van der Waals surface area contributed by atoms with Crippen LogP contribution in [0.4, 0.5) is 4.39 Å². The summed E-state index contributed by atoms with van der Waals surface area (Å²) >= 11 is 0. The second-order valence-electron chi connectivity index (χ2n) is 4.24. The Morgan fingerprint density at radius 3 is 3.22 bits per heavy atom. The summed E-state index contributed by atoms with van der Waals surface area (Å²) in [6, 6.07) is 1.40. The number of carboxylic acid groups (broad SMARTS) is 1. The van der Waals surface area contributed by atoms with Crippen molar-refractivity contribution in [2.75, 3.05) is 13.2 Å². The van der Waals surface area contributed by atoms with Gasteiger partial charge in [-0.2, -0.15) is 5.10 Å². The molecule has 1 aliphatic heterocycles. The van der Waals surface area contributed by atoms with Crippen LogP contribution in [-0.2, 0) is 11.3 Å². The SMILES string of the molecule is CC(F)COCCC1Cn2nc(C(=O)O)cc2O1. The highest BCUT2D eigenvalue weighted by Gasteiger charge is 2.26. The number of ether oxygens (including phenoxy) is 2. The summed E-state index contributed by atoms with van der Waals surface area (Å²) in [6.07, 6.45) is -0.438. The molecule has 0 bridgehead atoms. The molecule has 7 heteroatoms. The number of aromatic carboxylic acids is 1. The molecule has 1 aromatic rings. The van der Waals surface area contributed by atoms with E-state index in [9.17, 15) is 9.18 Å². The molecule has 2 heterocycles. The maximum atomic E-state index is 12.5. The van der Waals surface area contributed by atoms with E-state index in [2.05, 4.69) is 5.10 Å². The van der Waals surface area contributed by atoms with Crippen molar-refractivity contribution in [3.63, 3.8) is 0 Å². The predicted octanol–water partition coefficient (Wildman–Crippen LogP) is 1.11. The third-order valence-electron chi connectivity index (χ3n) is 2.56. The Balaban J connectivity index is 1.77. The van der Waals surface area contributed by atoms with Gasteiger partial charge in [0.15, 0.2) is 5.69 Å².